The Kier molecular flexibility index (Phi) is 3.39. The van der Waals surface area contributed by atoms with Crippen LogP contribution < -0.4 is 4.90 Å². The highest BCUT2D eigenvalue weighted by atomic mass is 35.5. The fraction of sp³-hybridized carbons (Fsp3) is 0.167. The molecule has 0 N–H and O–H groups in total. The zero-order valence-electron chi connectivity index (χ0n) is 12.7. The third-order valence-electron chi connectivity index (χ3n) is 3.93. The Bertz CT molecular complexity index is 990. The molecular weight excluding hydrogens is 330 g/mol. The number of allylic oxidation sites excluding steroid dienone is 1. The molecule has 0 amide bonds. The van der Waals surface area contributed by atoms with Gasteiger partial charge in [0.15, 0.2) is 5.78 Å². The van der Waals surface area contributed by atoms with E-state index >= 15 is 0 Å². The highest BCUT2D eigenvalue weighted by Gasteiger charge is 2.28. The van der Waals surface area contributed by atoms with Crippen LogP contribution in [0, 0.1) is 0 Å². The number of furan rings is 1. The van der Waals surface area contributed by atoms with Gasteiger partial charge in [0.2, 0.25) is 0 Å². The molecular formula is C18H14ClNO2S. The molecule has 1 aliphatic heterocycles. The molecule has 2 aromatic carbocycles. The Morgan fingerprint density at radius 3 is 2.87 bits per heavy atom. The minimum absolute atomic E-state index is 0.0545. The summed E-state index contributed by atoms with van der Waals surface area (Å²) in [4.78, 5) is 14.8. The molecule has 23 heavy (non-hydrogen) atoms. The van der Waals surface area contributed by atoms with Crippen molar-refractivity contribution in [2.24, 2.45) is 0 Å². The number of nitrogens with zero attached hydrogens (tertiary/aromatic N) is 1. The molecule has 3 nitrogen and oxygen atoms in total. The number of hydrogen-bond donors (Lipinski definition) is 0. The number of thioether (sulfide) groups is 1. The summed E-state index contributed by atoms with van der Waals surface area (Å²) < 4.78 is 5.96. The van der Waals surface area contributed by atoms with Crippen LogP contribution in [0.2, 0.25) is 5.02 Å². The number of ketones is 1. The van der Waals surface area contributed by atoms with Crippen LogP contribution in [0.3, 0.4) is 0 Å². The zero-order chi connectivity index (χ0) is 16.1. The number of hydrogen-bond acceptors (Lipinski definition) is 4. The lowest BCUT2D eigenvalue weighted by Crippen LogP contribution is -2.17. The maximum absolute atomic E-state index is 11.5. The average molecular weight is 344 g/mol. The largest absolute Gasteiger partial charge is 0.456 e. The predicted molar refractivity (Wildman–Crippen MR) is 96.4 cm³/mol. The van der Waals surface area contributed by atoms with Crippen molar-refractivity contribution in [2.45, 2.75) is 18.7 Å². The Morgan fingerprint density at radius 2 is 2.13 bits per heavy atom. The predicted octanol–water partition coefficient (Wildman–Crippen LogP) is 5.60. The third-order valence-corrected chi connectivity index (χ3v) is 5.26. The van der Waals surface area contributed by atoms with Gasteiger partial charge >= 0.3 is 0 Å². The zero-order valence-corrected chi connectivity index (χ0v) is 14.3. The normalized spacial score (nSPS) is 15.8. The first kappa shape index (κ1) is 14.7. The summed E-state index contributed by atoms with van der Waals surface area (Å²) in [6.45, 7) is 4.45. The van der Waals surface area contributed by atoms with Gasteiger partial charge in [-0.1, -0.05) is 23.4 Å². The summed E-state index contributed by atoms with van der Waals surface area (Å²) in [5, 5.41) is 3.75. The van der Waals surface area contributed by atoms with Crippen molar-refractivity contribution in [3.05, 3.63) is 46.5 Å². The summed E-state index contributed by atoms with van der Waals surface area (Å²) in [6, 6.07) is 9.75. The first-order valence-electron chi connectivity index (χ1n) is 7.41. The van der Waals surface area contributed by atoms with Crippen LogP contribution in [-0.2, 0) is 4.79 Å². The van der Waals surface area contributed by atoms with Crippen molar-refractivity contribution < 1.29 is 9.21 Å². The molecule has 0 bridgehead atoms. The minimum Gasteiger partial charge on any atom is -0.456 e. The van der Waals surface area contributed by atoms with Gasteiger partial charge in [-0.25, -0.2) is 0 Å². The molecule has 0 unspecified atom stereocenters. The first-order valence-corrected chi connectivity index (χ1v) is 8.60. The molecule has 0 saturated carbocycles. The van der Waals surface area contributed by atoms with E-state index in [4.69, 9.17) is 16.0 Å². The molecule has 3 aromatic rings. The van der Waals surface area contributed by atoms with Crippen LogP contribution in [0.1, 0.15) is 13.8 Å². The van der Waals surface area contributed by atoms with Gasteiger partial charge in [-0.2, -0.15) is 0 Å². The Morgan fingerprint density at radius 1 is 1.30 bits per heavy atom. The van der Waals surface area contributed by atoms with Crippen molar-refractivity contribution in [3.63, 3.8) is 0 Å². The van der Waals surface area contributed by atoms with Crippen molar-refractivity contribution in [3.8, 4) is 0 Å². The molecule has 0 spiro atoms. The number of fused-ring (bicyclic) bond motifs is 5. The van der Waals surface area contributed by atoms with Gasteiger partial charge in [-0.05, 0) is 38.1 Å². The Balaban J connectivity index is 2.05. The second-order valence-corrected chi connectivity index (χ2v) is 6.97. The van der Waals surface area contributed by atoms with Gasteiger partial charge in [0.05, 0.1) is 16.1 Å². The minimum atomic E-state index is 0.0545. The van der Waals surface area contributed by atoms with Gasteiger partial charge in [-0.15, -0.1) is 0 Å². The lowest BCUT2D eigenvalue weighted by molar-refractivity contribution is -0.112. The molecule has 1 aromatic heterocycles. The quantitative estimate of drug-likeness (QED) is 0.567. The maximum Gasteiger partial charge on any atom is 0.155 e. The summed E-state index contributed by atoms with van der Waals surface area (Å²) in [5.74, 6) is 0.0545. The van der Waals surface area contributed by atoms with Crippen LogP contribution in [0.25, 0.3) is 21.9 Å². The van der Waals surface area contributed by atoms with E-state index in [2.05, 4.69) is 17.9 Å². The average Bonchev–Trinajstić information content (AvgIpc) is 3.02. The summed E-state index contributed by atoms with van der Waals surface area (Å²) in [7, 11) is 0. The maximum atomic E-state index is 11.5. The lowest BCUT2D eigenvalue weighted by Gasteiger charge is -2.18. The number of carbonyl (C=O) groups excluding carboxylic acids is 1. The SMILES string of the molecule is CCN1C(=CC(C)=O)Sc2ccc3oc4cc(Cl)ccc4c3c21. The van der Waals surface area contributed by atoms with E-state index in [1.807, 2.05) is 24.3 Å². The van der Waals surface area contributed by atoms with Gasteiger partial charge in [0.25, 0.3) is 0 Å². The van der Waals surface area contributed by atoms with E-state index in [-0.39, 0.29) is 5.78 Å². The molecule has 116 valence electrons. The fourth-order valence-corrected chi connectivity index (χ4v) is 4.42. The van der Waals surface area contributed by atoms with E-state index in [1.54, 1.807) is 24.8 Å². The number of carbonyl (C=O) groups is 1. The summed E-state index contributed by atoms with van der Waals surface area (Å²) in [6.07, 6.45) is 1.69. The second-order valence-electron chi connectivity index (χ2n) is 5.47. The van der Waals surface area contributed by atoms with E-state index < -0.39 is 0 Å². The van der Waals surface area contributed by atoms with Gasteiger partial charge < -0.3 is 9.32 Å². The number of benzene rings is 2. The Labute approximate surface area is 142 Å². The molecule has 4 rings (SSSR count). The van der Waals surface area contributed by atoms with Crippen molar-refractivity contribution in [1.82, 2.24) is 0 Å². The van der Waals surface area contributed by atoms with E-state index in [1.165, 1.54) is 0 Å². The lowest BCUT2D eigenvalue weighted by atomic mass is 10.1. The highest BCUT2D eigenvalue weighted by Crippen LogP contribution is 2.51. The van der Waals surface area contributed by atoms with E-state index in [0.29, 0.717) is 5.02 Å². The van der Waals surface area contributed by atoms with E-state index in [0.717, 1.165) is 44.1 Å². The molecule has 0 radical (unpaired) electrons. The summed E-state index contributed by atoms with van der Waals surface area (Å²) in [5.41, 5.74) is 2.73. The van der Waals surface area contributed by atoms with Crippen LogP contribution in [0.5, 0.6) is 0 Å². The van der Waals surface area contributed by atoms with Gasteiger partial charge in [-0.3, -0.25) is 4.79 Å². The molecule has 0 aliphatic carbocycles. The molecule has 1 aliphatic rings. The highest BCUT2D eigenvalue weighted by molar-refractivity contribution is 8.03. The molecule has 0 atom stereocenters. The number of anilines is 1. The van der Waals surface area contributed by atoms with E-state index in [9.17, 15) is 4.79 Å². The van der Waals surface area contributed by atoms with Crippen LogP contribution in [0.4, 0.5) is 5.69 Å². The number of rotatable bonds is 2. The summed E-state index contributed by atoms with van der Waals surface area (Å²) >= 11 is 7.70. The second kappa shape index (κ2) is 5.32. The van der Waals surface area contributed by atoms with Crippen molar-refractivity contribution in [1.29, 1.82) is 0 Å². The van der Waals surface area contributed by atoms with Crippen LogP contribution >= 0.6 is 23.4 Å². The molecule has 0 saturated heterocycles. The molecule has 2 heterocycles. The fourth-order valence-electron chi connectivity index (χ4n) is 3.03. The van der Waals surface area contributed by atoms with Gasteiger partial charge in [0, 0.05) is 34.0 Å². The van der Waals surface area contributed by atoms with Gasteiger partial charge in [0.1, 0.15) is 11.2 Å². The first-order chi connectivity index (χ1) is 11.1. The smallest absolute Gasteiger partial charge is 0.155 e. The standard InChI is InChI=1S/C18H14ClNO2S/c1-3-20-16(8-10(2)21)23-15-7-6-13-17(18(15)20)12-5-4-11(19)9-14(12)22-13/h4-9H,3H2,1-2H3. The number of halogens is 1. The van der Waals surface area contributed by atoms with Crippen LogP contribution in [-0.4, -0.2) is 12.3 Å². The monoisotopic (exact) mass is 343 g/mol. The Hall–Kier alpha value is -1.91. The molecule has 5 heteroatoms. The topological polar surface area (TPSA) is 33.5 Å². The van der Waals surface area contributed by atoms with Crippen LogP contribution in [0.15, 0.2) is 50.7 Å². The van der Waals surface area contributed by atoms with Crippen molar-refractivity contribution >= 4 is 56.8 Å². The van der Waals surface area contributed by atoms with Crippen molar-refractivity contribution in [2.75, 3.05) is 11.4 Å². The third kappa shape index (κ3) is 2.25. The molecule has 0 fully saturated rings.